The summed E-state index contributed by atoms with van der Waals surface area (Å²) in [4.78, 5) is 29.4. The van der Waals surface area contributed by atoms with Crippen LogP contribution in [0.2, 0.25) is 0 Å². The lowest BCUT2D eigenvalue weighted by atomic mass is 9.91. The number of likely N-dealkylation sites (tertiary alicyclic amines) is 1. The summed E-state index contributed by atoms with van der Waals surface area (Å²) < 4.78 is 10.8. The Morgan fingerprint density at radius 1 is 1.12 bits per heavy atom. The zero-order valence-electron chi connectivity index (χ0n) is 14.6. The van der Waals surface area contributed by atoms with Crippen LogP contribution in [0, 0.1) is 0 Å². The van der Waals surface area contributed by atoms with Crippen LogP contribution in [0.25, 0.3) is 10.9 Å². The van der Waals surface area contributed by atoms with Crippen LogP contribution in [0.15, 0.2) is 18.5 Å². The van der Waals surface area contributed by atoms with Gasteiger partial charge < -0.3 is 24.2 Å². The molecule has 7 nitrogen and oxygen atoms in total. The van der Waals surface area contributed by atoms with E-state index >= 15 is 0 Å². The molecule has 1 aromatic carbocycles. The Bertz CT molecular complexity index is 720. The Hall–Kier alpha value is -1.53. The van der Waals surface area contributed by atoms with E-state index in [1.54, 1.807) is 20.5 Å². The van der Waals surface area contributed by atoms with E-state index in [9.17, 15) is 0 Å². The number of hydrogen-bond acceptors (Lipinski definition) is 7. The molecule has 0 spiro atoms. The van der Waals surface area contributed by atoms with Gasteiger partial charge in [-0.25, -0.2) is 9.97 Å². The standard InChI is InChI=1S/C17H24N3O4P/c1-23-15-9-13-14(10-16(15)24-2)18-11-19-17(13)12-3-5-20(6-4-12)7-8-25(21)22/h9-12,21-22H,3-8H2,1-2H3. The van der Waals surface area contributed by atoms with Crippen LogP contribution in [0.5, 0.6) is 11.5 Å². The van der Waals surface area contributed by atoms with E-state index in [0.29, 0.717) is 23.6 Å². The van der Waals surface area contributed by atoms with Crippen LogP contribution < -0.4 is 9.47 Å². The number of methoxy groups -OCH3 is 2. The second-order valence-electron chi connectivity index (χ2n) is 6.20. The van der Waals surface area contributed by atoms with Crippen molar-refractivity contribution in [3.05, 3.63) is 24.2 Å². The number of benzene rings is 1. The quantitative estimate of drug-likeness (QED) is 0.758. The van der Waals surface area contributed by atoms with Crippen LogP contribution >= 0.6 is 8.38 Å². The molecule has 2 heterocycles. The van der Waals surface area contributed by atoms with Gasteiger partial charge in [-0.1, -0.05) is 0 Å². The van der Waals surface area contributed by atoms with E-state index in [1.165, 1.54) is 0 Å². The normalized spacial score (nSPS) is 16.5. The fourth-order valence-electron chi connectivity index (χ4n) is 3.39. The molecule has 1 fully saturated rings. The Labute approximate surface area is 148 Å². The molecule has 0 amide bonds. The summed E-state index contributed by atoms with van der Waals surface area (Å²) in [6, 6.07) is 3.85. The Morgan fingerprint density at radius 3 is 2.44 bits per heavy atom. The number of aromatic nitrogens is 2. The van der Waals surface area contributed by atoms with Crippen LogP contribution in [0.4, 0.5) is 0 Å². The fraction of sp³-hybridized carbons (Fsp3) is 0.529. The van der Waals surface area contributed by atoms with Crippen molar-refractivity contribution < 1.29 is 19.3 Å². The van der Waals surface area contributed by atoms with Crippen molar-refractivity contribution in [2.45, 2.75) is 18.8 Å². The van der Waals surface area contributed by atoms with E-state index in [0.717, 1.165) is 49.1 Å². The number of nitrogens with zero attached hydrogens (tertiary/aromatic N) is 3. The Morgan fingerprint density at radius 2 is 1.80 bits per heavy atom. The summed E-state index contributed by atoms with van der Waals surface area (Å²) in [5, 5.41) is 1.01. The number of rotatable bonds is 6. The molecular formula is C17H24N3O4P. The fourth-order valence-corrected chi connectivity index (χ4v) is 3.85. The molecule has 1 aromatic heterocycles. The van der Waals surface area contributed by atoms with Gasteiger partial charge in [0, 0.05) is 30.1 Å². The van der Waals surface area contributed by atoms with Gasteiger partial charge in [-0.2, -0.15) is 0 Å². The average molecular weight is 365 g/mol. The van der Waals surface area contributed by atoms with E-state index in [4.69, 9.17) is 19.3 Å². The minimum absolute atomic E-state index is 0.365. The molecular weight excluding hydrogens is 341 g/mol. The third-order valence-electron chi connectivity index (χ3n) is 4.76. The molecule has 2 aromatic rings. The zero-order valence-corrected chi connectivity index (χ0v) is 15.4. The third-order valence-corrected chi connectivity index (χ3v) is 5.36. The second kappa shape index (κ2) is 8.23. The first-order chi connectivity index (χ1) is 12.1. The Kier molecular flexibility index (Phi) is 6.02. The SMILES string of the molecule is COc1cc2ncnc(C3CCN(CCP(O)O)CC3)c2cc1OC. The third kappa shape index (κ3) is 4.18. The van der Waals surface area contributed by atoms with Gasteiger partial charge in [0.25, 0.3) is 0 Å². The van der Waals surface area contributed by atoms with E-state index in [2.05, 4.69) is 14.9 Å². The molecule has 0 saturated carbocycles. The Balaban J connectivity index is 1.80. The number of ether oxygens (including phenoxy) is 2. The van der Waals surface area contributed by atoms with Crippen molar-refractivity contribution in [3.8, 4) is 11.5 Å². The first-order valence-electron chi connectivity index (χ1n) is 8.36. The van der Waals surface area contributed by atoms with E-state index < -0.39 is 8.38 Å². The van der Waals surface area contributed by atoms with Crippen LogP contribution in [-0.2, 0) is 0 Å². The van der Waals surface area contributed by atoms with Crippen molar-refractivity contribution in [3.63, 3.8) is 0 Å². The first-order valence-corrected chi connectivity index (χ1v) is 9.80. The van der Waals surface area contributed by atoms with Gasteiger partial charge in [-0.3, -0.25) is 0 Å². The molecule has 1 aliphatic rings. The maximum absolute atomic E-state index is 9.08. The van der Waals surface area contributed by atoms with Gasteiger partial charge in [0.05, 0.1) is 25.4 Å². The topological polar surface area (TPSA) is 87.9 Å². The maximum Gasteiger partial charge on any atom is 0.166 e. The minimum Gasteiger partial charge on any atom is -0.493 e. The lowest BCUT2D eigenvalue weighted by Crippen LogP contribution is -2.35. The molecule has 25 heavy (non-hydrogen) atoms. The predicted octanol–water partition coefficient (Wildman–Crippen LogP) is 2.12. The molecule has 8 heteroatoms. The van der Waals surface area contributed by atoms with Crippen molar-refractivity contribution in [1.82, 2.24) is 14.9 Å². The zero-order chi connectivity index (χ0) is 17.8. The van der Waals surface area contributed by atoms with Crippen LogP contribution in [-0.4, -0.2) is 64.7 Å². The molecule has 0 bridgehead atoms. The first kappa shape index (κ1) is 18.3. The van der Waals surface area contributed by atoms with Gasteiger partial charge in [-0.05, 0) is 32.0 Å². The molecule has 0 atom stereocenters. The van der Waals surface area contributed by atoms with Crippen molar-refractivity contribution in [2.24, 2.45) is 0 Å². The molecule has 1 saturated heterocycles. The number of fused-ring (bicyclic) bond motifs is 1. The molecule has 0 aliphatic carbocycles. The molecule has 0 radical (unpaired) electrons. The van der Waals surface area contributed by atoms with Gasteiger partial charge in [-0.15, -0.1) is 0 Å². The van der Waals surface area contributed by atoms with Crippen molar-refractivity contribution in [1.29, 1.82) is 0 Å². The van der Waals surface area contributed by atoms with Crippen LogP contribution in [0.3, 0.4) is 0 Å². The summed E-state index contributed by atoms with van der Waals surface area (Å²) in [7, 11) is 1.44. The summed E-state index contributed by atoms with van der Waals surface area (Å²) in [5.41, 5.74) is 1.91. The molecule has 3 rings (SSSR count). The smallest absolute Gasteiger partial charge is 0.166 e. The van der Waals surface area contributed by atoms with Crippen molar-refractivity contribution in [2.75, 3.05) is 40.0 Å². The highest BCUT2D eigenvalue weighted by atomic mass is 31.2. The van der Waals surface area contributed by atoms with Gasteiger partial charge >= 0.3 is 0 Å². The number of hydrogen-bond donors (Lipinski definition) is 2. The largest absolute Gasteiger partial charge is 0.493 e. The van der Waals surface area contributed by atoms with E-state index in [1.807, 2.05) is 12.1 Å². The molecule has 1 aliphatic heterocycles. The summed E-state index contributed by atoms with van der Waals surface area (Å²) in [6.45, 7) is 2.61. The van der Waals surface area contributed by atoms with Gasteiger partial charge in [0.15, 0.2) is 19.9 Å². The summed E-state index contributed by atoms with van der Waals surface area (Å²) in [6.07, 6.45) is 4.05. The monoisotopic (exact) mass is 365 g/mol. The second-order valence-corrected chi connectivity index (χ2v) is 7.39. The lowest BCUT2D eigenvalue weighted by molar-refractivity contribution is 0.220. The van der Waals surface area contributed by atoms with Gasteiger partial charge in [0.2, 0.25) is 0 Å². The summed E-state index contributed by atoms with van der Waals surface area (Å²) in [5.74, 6) is 1.71. The minimum atomic E-state index is -1.80. The highest BCUT2D eigenvalue weighted by Gasteiger charge is 2.24. The molecule has 2 N–H and O–H groups in total. The number of piperidine rings is 1. The molecule has 136 valence electrons. The van der Waals surface area contributed by atoms with E-state index in [-0.39, 0.29) is 0 Å². The maximum atomic E-state index is 9.08. The van der Waals surface area contributed by atoms with Gasteiger partial charge in [0.1, 0.15) is 6.33 Å². The predicted molar refractivity (Wildman–Crippen MR) is 97.3 cm³/mol. The average Bonchev–Trinajstić information content (AvgIpc) is 2.65. The van der Waals surface area contributed by atoms with Crippen LogP contribution in [0.1, 0.15) is 24.5 Å². The summed E-state index contributed by atoms with van der Waals surface area (Å²) >= 11 is 0. The molecule has 0 unspecified atom stereocenters. The highest BCUT2D eigenvalue weighted by Crippen LogP contribution is 2.36. The highest BCUT2D eigenvalue weighted by molar-refractivity contribution is 7.45. The lowest BCUT2D eigenvalue weighted by Gasteiger charge is -2.32. The van der Waals surface area contributed by atoms with Crippen molar-refractivity contribution >= 4 is 19.3 Å².